The molecular weight excluding hydrogens is 276 g/mol. The summed E-state index contributed by atoms with van der Waals surface area (Å²) < 4.78 is 0. The van der Waals surface area contributed by atoms with Crippen molar-refractivity contribution in [2.75, 3.05) is 0 Å². The zero-order valence-corrected chi connectivity index (χ0v) is 11.1. The summed E-state index contributed by atoms with van der Waals surface area (Å²) in [5.74, 6) is 1.42. The standard InChI is InChI=1S/C13H10N4O2S/c18-17(19)10-5-3-9(4-6-10)8-12-14-13(16-15-12)11-2-1-7-20-11/h1-7H,8H2,(H,14,15,16). The number of thiophene rings is 1. The molecule has 20 heavy (non-hydrogen) atoms. The van der Waals surface area contributed by atoms with Gasteiger partial charge in [0.05, 0.1) is 9.80 Å². The fraction of sp³-hybridized carbons (Fsp3) is 0.0769. The molecule has 3 aromatic rings. The molecule has 0 spiro atoms. The van der Waals surface area contributed by atoms with Crippen LogP contribution in [0.3, 0.4) is 0 Å². The Balaban J connectivity index is 1.76. The van der Waals surface area contributed by atoms with Crippen LogP contribution in [0, 0.1) is 10.1 Å². The minimum atomic E-state index is -0.410. The van der Waals surface area contributed by atoms with Crippen molar-refractivity contribution in [3.63, 3.8) is 0 Å². The number of hydrogen-bond donors (Lipinski definition) is 1. The Hall–Kier alpha value is -2.54. The molecule has 0 saturated carbocycles. The maximum absolute atomic E-state index is 10.6. The van der Waals surface area contributed by atoms with E-state index in [1.807, 2.05) is 17.5 Å². The van der Waals surface area contributed by atoms with E-state index in [0.29, 0.717) is 12.2 Å². The number of non-ortho nitro benzene ring substituents is 1. The Labute approximate surface area is 118 Å². The first-order valence-corrected chi connectivity index (χ1v) is 6.79. The van der Waals surface area contributed by atoms with Crippen LogP contribution in [-0.4, -0.2) is 20.1 Å². The summed E-state index contributed by atoms with van der Waals surface area (Å²) >= 11 is 1.58. The van der Waals surface area contributed by atoms with Gasteiger partial charge in [0.15, 0.2) is 5.82 Å². The lowest BCUT2D eigenvalue weighted by atomic mass is 10.1. The number of aromatic nitrogens is 3. The summed E-state index contributed by atoms with van der Waals surface area (Å²) in [4.78, 5) is 15.6. The predicted octanol–water partition coefficient (Wildman–Crippen LogP) is 3.03. The molecule has 1 aromatic carbocycles. The number of nitrogens with zero attached hydrogens (tertiary/aromatic N) is 3. The average molecular weight is 286 g/mol. The van der Waals surface area contributed by atoms with E-state index in [2.05, 4.69) is 15.2 Å². The second kappa shape index (κ2) is 5.22. The Kier molecular flexibility index (Phi) is 3.26. The summed E-state index contributed by atoms with van der Waals surface area (Å²) in [6.45, 7) is 0. The first-order valence-electron chi connectivity index (χ1n) is 5.91. The summed E-state index contributed by atoms with van der Waals surface area (Å²) in [5, 5.41) is 19.6. The van der Waals surface area contributed by atoms with Gasteiger partial charge < -0.3 is 0 Å². The normalized spacial score (nSPS) is 10.6. The van der Waals surface area contributed by atoms with Gasteiger partial charge in [-0.15, -0.1) is 11.3 Å². The van der Waals surface area contributed by atoms with E-state index in [1.54, 1.807) is 23.5 Å². The molecule has 7 heteroatoms. The van der Waals surface area contributed by atoms with Gasteiger partial charge in [-0.3, -0.25) is 15.2 Å². The van der Waals surface area contributed by atoms with E-state index in [9.17, 15) is 10.1 Å². The SMILES string of the molecule is O=[N+]([O-])c1ccc(Cc2nc(-c3cccs3)n[nH]2)cc1. The summed E-state index contributed by atoms with van der Waals surface area (Å²) in [7, 11) is 0. The Bertz CT molecular complexity index is 719. The second-order valence-electron chi connectivity index (χ2n) is 4.18. The highest BCUT2D eigenvalue weighted by Gasteiger charge is 2.08. The number of aromatic amines is 1. The van der Waals surface area contributed by atoms with Crippen molar-refractivity contribution in [3.8, 4) is 10.7 Å². The average Bonchev–Trinajstić information content (AvgIpc) is 3.09. The zero-order valence-electron chi connectivity index (χ0n) is 10.3. The quantitative estimate of drug-likeness (QED) is 0.590. The van der Waals surface area contributed by atoms with Crippen LogP contribution in [0.4, 0.5) is 5.69 Å². The molecule has 0 bridgehead atoms. The molecule has 0 amide bonds. The maximum atomic E-state index is 10.6. The smallest absolute Gasteiger partial charge is 0.262 e. The van der Waals surface area contributed by atoms with Gasteiger partial charge in [0, 0.05) is 18.6 Å². The van der Waals surface area contributed by atoms with Crippen molar-refractivity contribution in [3.05, 3.63) is 63.3 Å². The molecule has 0 saturated heterocycles. The van der Waals surface area contributed by atoms with Gasteiger partial charge >= 0.3 is 0 Å². The van der Waals surface area contributed by atoms with Gasteiger partial charge in [-0.2, -0.15) is 5.10 Å². The molecular formula is C13H10N4O2S. The number of nitrogens with one attached hydrogen (secondary N) is 1. The van der Waals surface area contributed by atoms with E-state index in [4.69, 9.17) is 0 Å². The Morgan fingerprint density at radius 3 is 2.70 bits per heavy atom. The molecule has 1 N–H and O–H groups in total. The molecule has 6 nitrogen and oxygen atoms in total. The molecule has 0 atom stereocenters. The number of benzene rings is 1. The minimum Gasteiger partial charge on any atom is -0.262 e. The van der Waals surface area contributed by atoms with Crippen molar-refractivity contribution < 1.29 is 4.92 Å². The van der Waals surface area contributed by atoms with E-state index in [-0.39, 0.29) is 5.69 Å². The summed E-state index contributed by atoms with van der Waals surface area (Å²) in [6, 6.07) is 10.4. The predicted molar refractivity (Wildman–Crippen MR) is 75.6 cm³/mol. The molecule has 100 valence electrons. The van der Waals surface area contributed by atoms with Crippen molar-refractivity contribution in [1.82, 2.24) is 15.2 Å². The van der Waals surface area contributed by atoms with Crippen LogP contribution < -0.4 is 0 Å². The van der Waals surface area contributed by atoms with Gasteiger partial charge in [-0.25, -0.2) is 4.98 Å². The lowest BCUT2D eigenvalue weighted by Crippen LogP contribution is -1.92. The second-order valence-corrected chi connectivity index (χ2v) is 5.13. The van der Waals surface area contributed by atoms with Crippen LogP contribution in [0.2, 0.25) is 0 Å². The van der Waals surface area contributed by atoms with Gasteiger partial charge in [0.25, 0.3) is 5.69 Å². The third kappa shape index (κ3) is 2.57. The van der Waals surface area contributed by atoms with Gasteiger partial charge in [0.1, 0.15) is 5.82 Å². The topological polar surface area (TPSA) is 84.7 Å². The lowest BCUT2D eigenvalue weighted by molar-refractivity contribution is -0.384. The minimum absolute atomic E-state index is 0.0885. The van der Waals surface area contributed by atoms with Crippen LogP contribution in [0.5, 0.6) is 0 Å². The highest BCUT2D eigenvalue weighted by molar-refractivity contribution is 7.13. The van der Waals surface area contributed by atoms with Crippen molar-refractivity contribution in [2.45, 2.75) is 6.42 Å². The van der Waals surface area contributed by atoms with E-state index >= 15 is 0 Å². The molecule has 0 aliphatic rings. The number of nitro benzene ring substituents is 1. The molecule has 0 radical (unpaired) electrons. The third-order valence-corrected chi connectivity index (χ3v) is 3.66. The fourth-order valence-electron chi connectivity index (χ4n) is 1.82. The van der Waals surface area contributed by atoms with Crippen LogP contribution in [-0.2, 0) is 6.42 Å². The summed E-state index contributed by atoms with van der Waals surface area (Å²) in [6.07, 6.45) is 0.566. The van der Waals surface area contributed by atoms with Gasteiger partial charge in [-0.05, 0) is 17.0 Å². The molecule has 0 aliphatic heterocycles. The zero-order chi connectivity index (χ0) is 13.9. The Morgan fingerprint density at radius 1 is 1.25 bits per heavy atom. The lowest BCUT2D eigenvalue weighted by Gasteiger charge is -1.97. The number of hydrogen-bond acceptors (Lipinski definition) is 5. The molecule has 0 unspecified atom stereocenters. The molecule has 0 fully saturated rings. The van der Waals surface area contributed by atoms with Gasteiger partial charge in [-0.1, -0.05) is 18.2 Å². The molecule has 2 heterocycles. The first-order chi connectivity index (χ1) is 9.72. The van der Waals surface area contributed by atoms with Gasteiger partial charge in [0.2, 0.25) is 0 Å². The first kappa shape index (κ1) is 12.5. The van der Waals surface area contributed by atoms with Crippen molar-refractivity contribution >= 4 is 17.0 Å². The number of H-pyrrole nitrogens is 1. The van der Waals surface area contributed by atoms with E-state index in [0.717, 1.165) is 16.3 Å². The number of nitro groups is 1. The van der Waals surface area contributed by atoms with E-state index < -0.39 is 4.92 Å². The molecule has 2 aromatic heterocycles. The highest BCUT2D eigenvalue weighted by atomic mass is 32.1. The largest absolute Gasteiger partial charge is 0.269 e. The van der Waals surface area contributed by atoms with Crippen molar-refractivity contribution in [1.29, 1.82) is 0 Å². The monoisotopic (exact) mass is 286 g/mol. The van der Waals surface area contributed by atoms with Crippen LogP contribution in [0.25, 0.3) is 10.7 Å². The van der Waals surface area contributed by atoms with Crippen molar-refractivity contribution in [2.24, 2.45) is 0 Å². The fourth-order valence-corrected chi connectivity index (χ4v) is 2.48. The third-order valence-electron chi connectivity index (χ3n) is 2.79. The Morgan fingerprint density at radius 2 is 2.05 bits per heavy atom. The van der Waals surface area contributed by atoms with Crippen LogP contribution in [0.1, 0.15) is 11.4 Å². The molecule has 3 rings (SSSR count). The van der Waals surface area contributed by atoms with E-state index in [1.165, 1.54) is 12.1 Å². The maximum Gasteiger partial charge on any atom is 0.269 e. The van der Waals surface area contributed by atoms with Crippen LogP contribution in [0.15, 0.2) is 41.8 Å². The highest BCUT2D eigenvalue weighted by Crippen LogP contribution is 2.21. The summed E-state index contributed by atoms with van der Waals surface area (Å²) in [5.41, 5.74) is 1.04. The number of rotatable bonds is 4. The van der Waals surface area contributed by atoms with Crippen LogP contribution >= 0.6 is 11.3 Å². The molecule has 0 aliphatic carbocycles.